The molecule has 174 valence electrons. The zero-order valence-corrected chi connectivity index (χ0v) is 20.8. The summed E-state index contributed by atoms with van der Waals surface area (Å²) >= 11 is 3.50. The van der Waals surface area contributed by atoms with E-state index in [0.717, 1.165) is 17.5 Å². The van der Waals surface area contributed by atoms with Gasteiger partial charge in [-0.25, -0.2) is 4.98 Å². The Kier molecular flexibility index (Phi) is 8.57. The maximum Gasteiger partial charge on any atom is 0.316 e. The van der Waals surface area contributed by atoms with E-state index in [1.165, 1.54) is 62.1 Å². The molecule has 1 aliphatic rings. The molecule has 0 N–H and O–H groups in total. The molecule has 3 aromatic rings. The van der Waals surface area contributed by atoms with Gasteiger partial charge >= 0.3 is 5.97 Å². The first-order valence-electron chi connectivity index (χ1n) is 11.7. The number of methoxy groups -OCH3 is 1. The second kappa shape index (κ2) is 11.8. The summed E-state index contributed by atoms with van der Waals surface area (Å²) in [6, 6.07) is 22.2. The first-order chi connectivity index (χ1) is 16.2. The quantitative estimate of drug-likeness (QED) is 0.248. The third-order valence-electron chi connectivity index (χ3n) is 6.47. The van der Waals surface area contributed by atoms with Crippen LogP contribution < -0.4 is 0 Å². The molecule has 4 rings (SSSR count). The largest absolute Gasteiger partial charge is 0.468 e. The molecule has 0 aliphatic heterocycles. The van der Waals surface area contributed by atoms with Crippen molar-refractivity contribution >= 4 is 29.5 Å². The van der Waals surface area contributed by atoms with Crippen molar-refractivity contribution in [3.05, 3.63) is 84.2 Å². The SMILES string of the molecule is COC(=O)CSc1nccn1CCSC(c1ccccc1)(c1ccccc1)C1CCCCC1. The molecular weight excluding hydrogens is 448 g/mol. The van der Waals surface area contributed by atoms with Gasteiger partial charge in [-0.2, -0.15) is 0 Å². The number of ether oxygens (including phenoxy) is 1. The van der Waals surface area contributed by atoms with Crippen LogP contribution in [0.5, 0.6) is 0 Å². The van der Waals surface area contributed by atoms with E-state index in [9.17, 15) is 4.79 Å². The van der Waals surface area contributed by atoms with Gasteiger partial charge in [0.15, 0.2) is 5.16 Å². The van der Waals surface area contributed by atoms with Gasteiger partial charge in [0.1, 0.15) is 0 Å². The highest BCUT2D eigenvalue weighted by atomic mass is 32.2. The molecule has 1 aromatic heterocycles. The highest BCUT2D eigenvalue weighted by Crippen LogP contribution is 2.53. The number of rotatable bonds is 10. The fourth-order valence-corrected chi connectivity index (χ4v) is 7.40. The molecule has 0 unspecified atom stereocenters. The number of nitrogens with zero attached hydrogens (tertiary/aromatic N) is 2. The Bertz CT molecular complexity index is 962. The number of carbonyl (C=O) groups excluding carboxylic acids is 1. The van der Waals surface area contributed by atoms with E-state index in [2.05, 4.69) is 82.0 Å². The molecule has 1 aliphatic carbocycles. The van der Waals surface area contributed by atoms with E-state index in [1.807, 2.05) is 12.4 Å². The molecule has 1 fully saturated rings. The molecular formula is C27H32N2O2S2. The lowest BCUT2D eigenvalue weighted by molar-refractivity contribution is -0.137. The highest BCUT2D eigenvalue weighted by molar-refractivity contribution is 8.00. The average molecular weight is 481 g/mol. The number of thioether (sulfide) groups is 2. The van der Waals surface area contributed by atoms with Crippen LogP contribution in [0.25, 0.3) is 0 Å². The lowest BCUT2D eigenvalue weighted by atomic mass is 9.72. The van der Waals surface area contributed by atoms with Crippen molar-refractivity contribution in [1.82, 2.24) is 9.55 Å². The van der Waals surface area contributed by atoms with Crippen LogP contribution in [-0.2, 0) is 20.8 Å². The van der Waals surface area contributed by atoms with Gasteiger partial charge < -0.3 is 9.30 Å². The molecule has 2 aromatic carbocycles. The molecule has 4 nitrogen and oxygen atoms in total. The Balaban J connectivity index is 1.60. The van der Waals surface area contributed by atoms with E-state index >= 15 is 0 Å². The molecule has 33 heavy (non-hydrogen) atoms. The predicted octanol–water partition coefficient (Wildman–Crippen LogP) is 6.41. The first-order valence-corrected chi connectivity index (χ1v) is 13.7. The summed E-state index contributed by atoms with van der Waals surface area (Å²) in [7, 11) is 1.42. The molecule has 0 radical (unpaired) electrons. The molecule has 0 amide bonds. The maximum absolute atomic E-state index is 11.6. The van der Waals surface area contributed by atoms with E-state index in [1.54, 1.807) is 0 Å². The summed E-state index contributed by atoms with van der Waals surface area (Å²) in [5.41, 5.74) is 2.80. The van der Waals surface area contributed by atoms with Crippen molar-refractivity contribution in [3.63, 3.8) is 0 Å². The Morgan fingerprint density at radius 2 is 1.67 bits per heavy atom. The molecule has 6 heteroatoms. The van der Waals surface area contributed by atoms with Crippen molar-refractivity contribution in [2.75, 3.05) is 18.6 Å². The van der Waals surface area contributed by atoms with Gasteiger partial charge in [-0.3, -0.25) is 4.79 Å². The summed E-state index contributed by atoms with van der Waals surface area (Å²) in [5.74, 6) is 1.62. The number of hydrogen-bond donors (Lipinski definition) is 0. The second-order valence-corrected chi connectivity index (χ2v) is 10.7. The number of aryl methyl sites for hydroxylation is 1. The fourth-order valence-electron chi connectivity index (χ4n) is 4.90. The van der Waals surface area contributed by atoms with Crippen molar-refractivity contribution in [2.24, 2.45) is 5.92 Å². The summed E-state index contributed by atoms with van der Waals surface area (Å²) in [5, 5.41) is 0.865. The summed E-state index contributed by atoms with van der Waals surface area (Å²) in [6.45, 7) is 0.850. The third-order valence-corrected chi connectivity index (χ3v) is 9.10. The van der Waals surface area contributed by atoms with E-state index in [-0.39, 0.29) is 16.5 Å². The second-order valence-electron chi connectivity index (χ2n) is 8.42. The molecule has 0 bridgehead atoms. The van der Waals surface area contributed by atoms with Crippen molar-refractivity contribution in [3.8, 4) is 0 Å². The topological polar surface area (TPSA) is 44.1 Å². The number of hydrogen-bond acceptors (Lipinski definition) is 5. The third kappa shape index (κ3) is 5.67. The number of esters is 1. The van der Waals surface area contributed by atoms with Gasteiger partial charge in [-0.15, -0.1) is 11.8 Å². The minimum atomic E-state index is -0.228. The van der Waals surface area contributed by atoms with Gasteiger partial charge in [0, 0.05) is 24.7 Å². The van der Waals surface area contributed by atoms with Crippen molar-refractivity contribution in [1.29, 1.82) is 0 Å². The molecule has 0 saturated heterocycles. The average Bonchev–Trinajstić information content (AvgIpc) is 3.34. The fraction of sp³-hybridized carbons (Fsp3) is 0.407. The summed E-state index contributed by atoms with van der Waals surface area (Å²) in [4.78, 5) is 16.0. The van der Waals surface area contributed by atoms with Gasteiger partial charge in [-0.05, 0) is 29.9 Å². The van der Waals surface area contributed by atoms with E-state index in [0.29, 0.717) is 5.92 Å². The van der Waals surface area contributed by atoms with E-state index in [4.69, 9.17) is 4.74 Å². The Morgan fingerprint density at radius 1 is 1.03 bits per heavy atom. The Hall–Kier alpha value is -2.18. The maximum atomic E-state index is 11.6. The van der Waals surface area contributed by atoms with Crippen LogP contribution >= 0.6 is 23.5 Å². The minimum Gasteiger partial charge on any atom is -0.468 e. The van der Waals surface area contributed by atoms with Gasteiger partial charge in [0.25, 0.3) is 0 Å². The van der Waals surface area contributed by atoms with Crippen LogP contribution in [0.4, 0.5) is 0 Å². The molecule has 0 atom stereocenters. The van der Waals surface area contributed by atoms with Crippen molar-refractivity contribution < 1.29 is 9.53 Å². The monoisotopic (exact) mass is 480 g/mol. The predicted molar refractivity (Wildman–Crippen MR) is 138 cm³/mol. The Morgan fingerprint density at radius 3 is 2.27 bits per heavy atom. The van der Waals surface area contributed by atoms with Crippen LogP contribution in [0, 0.1) is 5.92 Å². The van der Waals surface area contributed by atoms with Crippen molar-refractivity contribution in [2.45, 2.75) is 48.6 Å². The summed E-state index contributed by atoms with van der Waals surface area (Å²) < 4.78 is 6.87. The van der Waals surface area contributed by atoms with Crippen LogP contribution in [-0.4, -0.2) is 34.1 Å². The Labute approximate surface area is 205 Å². The molecule has 1 heterocycles. The zero-order chi connectivity index (χ0) is 22.9. The van der Waals surface area contributed by atoms with Crippen LogP contribution in [0.3, 0.4) is 0 Å². The van der Waals surface area contributed by atoms with Crippen LogP contribution in [0.2, 0.25) is 0 Å². The molecule has 1 saturated carbocycles. The molecule has 0 spiro atoms. The number of aromatic nitrogens is 2. The van der Waals surface area contributed by atoms with Gasteiger partial charge in [0.2, 0.25) is 0 Å². The number of benzene rings is 2. The van der Waals surface area contributed by atoms with Gasteiger partial charge in [0.05, 0.1) is 17.6 Å². The summed E-state index contributed by atoms with van der Waals surface area (Å²) in [6.07, 6.45) is 10.3. The van der Waals surface area contributed by atoms with Gasteiger partial charge in [-0.1, -0.05) is 91.7 Å². The smallest absolute Gasteiger partial charge is 0.316 e. The van der Waals surface area contributed by atoms with Crippen LogP contribution in [0.15, 0.2) is 78.2 Å². The minimum absolute atomic E-state index is 0.0666. The highest BCUT2D eigenvalue weighted by Gasteiger charge is 2.42. The normalized spacial score (nSPS) is 14.8. The first kappa shape index (κ1) is 24.0. The number of carbonyl (C=O) groups is 1. The van der Waals surface area contributed by atoms with E-state index < -0.39 is 0 Å². The van der Waals surface area contributed by atoms with Crippen LogP contribution in [0.1, 0.15) is 43.2 Å². The standard InChI is InChI=1S/C27H32N2O2S2/c1-31-25(30)21-32-26-28-17-18-29(26)19-20-33-27(22-11-5-2-6-12-22,23-13-7-3-8-14-23)24-15-9-4-10-16-24/h2-3,5-8,11-14,17-18,24H,4,9-10,15-16,19-21H2,1H3. The lowest BCUT2D eigenvalue weighted by Crippen LogP contribution is -2.35. The lowest BCUT2D eigenvalue weighted by Gasteiger charge is -2.43. The number of imidazole rings is 1. The zero-order valence-electron chi connectivity index (χ0n) is 19.2.